The fraction of sp³-hybridized carbons (Fsp3) is 0.318. The Kier molecular flexibility index (Phi) is 6.81. The van der Waals surface area contributed by atoms with Gasteiger partial charge in [-0.25, -0.2) is 4.98 Å². The highest BCUT2D eigenvalue weighted by molar-refractivity contribution is 7.09. The van der Waals surface area contributed by atoms with E-state index in [0.29, 0.717) is 6.61 Å². The number of aryl methyl sites for hydroxylation is 1. The number of nitrogens with one attached hydrogen (secondary N) is 1. The Balaban J connectivity index is 1.84. The molecule has 0 amide bonds. The molecule has 0 aliphatic heterocycles. The van der Waals surface area contributed by atoms with Crippen molar-refractivity contribution >= 4 is 11.3 Å². The van der Waals surface area contributed by atoms with E-state index in [1.54, 1.807) is 11.3 Å². The first kappa shape index (κ1) is 18.6. The van der Waals surface area contributed by atoms with Gasteiger partial charge in [0.15, 0.2) is 0 Å². The zero-order chi connectivity index (χ0) is 18.2. The van der Waals surface area contributed by atoms with Crippen LogP contribution >= 0.6 is 11.3 Å². The minimum absolute atomic E-state index is 0.567. The van der Waals surface area contributed by atoms with Gasteiger partial charge in [0.05, 0.1) is 10.7 Å². The molecule has 26 heavy (non-hydrogen) atoms. The van der Waals surface area contributed by atoms with Crippen LogP contribution in [0, 0.1) is 0 Å². The minimum Gasteiger partial charge on any atom is -0.488 e. The molecule has 3 nitrogen and oxygen atoms in total. The van der Waals surface area contributed by atoms with Gasteiger partial charge in [-0.2, -0.15) is 0 Å². The monoisotopic (exact) mass is 366 g/mol. The number of thiazole rings is 1. The standard InChI is InChI=1S/C22H26N2OS/c1-3-7-17-10-11-21(25-15-18-8-5-4-6-9-18)19(14-17)20-16-26-22(24-20)12-13-23-2/h4-6,8-11,14,16,23H,3,7,12-13,15H2,1-2H3. The molecule has 1 aromatic heterocycles. The lowest BCUT2D eigenvalue weighted by molar-refractivity contribution is 0.307. The molecule has 3 aromatic rings. The van der Waals surface area contributed by atoms with Crippen molar-refractivity contribution in [3.63, 3.8) is 0 Å². The number of hydrogen-bond donors (Lipinski definition) is 1. The summed E-state index contributed by atoms with van der Waals surface area (Å²) in [6.45, 7) is 3.72. The van der Waals surface area contributed by atoms with Gasteiger partial charge < -0.3 is 10.1 Å². The van der Waals surface area contributed by atoms with Crippen molar-refractivity contribution in [2.75, 3.05) is 13.6 Å². The lowest BCUT2D eigenvalue weighted by atomic mass is 10.0. The third-order valence-electron chi connectivity index (χ3n) is 4.24. The normalized spacial score (nSPS) is 10.8. The van der Waals surface area contributed by atoms with E-state index < -0.39 is 0 Å². The molecule has 2 aromatic carbocycles. The summed E-state index contributed by atoms with van der Waals surface area (Å²) in [5.74, 6) is 0.902. The predicted molar refractivity (Wildman–Crippen MR) is 110 cm³/mol. The Morgan fingerprint density at radius 1 is 1.04 bits per heavy atom. The summed E-state index contributed by atoms with van der Waals surface area (Å²) in [5.41, 5.74) is 4.62. The maximum atomic E-state index is 6.15. The first-order valence-corrected chi connectivity index (χ1v) is 10.1. The Morgan fingerprint density at radius 2 is 1.88 bits per heavy atom. The SMILES string of the molecule is CCCc1ccc(OCc2ccccc2)c(-c2csc(CCNC)n2)c1. The molecular formula is C22H26N2OS. The number of ether oxygens (including phenoxy) is 1. The third kappa shape index (κ3) is 4.93. The van der Waals surface area contributed by atoms with Crippen LogP contribution in [0.2, 0.25) is 0 Å². The minimum atomic E-state index is 0.567. The number of nitrogens with zero attached hydrogens (tertiary/aromatic N) is 1. The molecule has 0 saturated heterocycles. The summed E-state index contributed by atoms with van der Waals surface area (Å²) in [6, 6.07) is 16.8. The number of benzene rings is 2. The second kappa shape index (κ2) is 9.51. The Bertz CT molecular complexity index is 814. The van der Waals surface area contributed by atoms with Crippen molar-refractivity contribution in [2.45, 2.75) is 32.8 Å². The lowest BCUT2D eigenvalue weighted by Gasteiger charge is -2.12. The number of hydrogen-bond acceptors (Lipinski definition) is 4. The summed E-state index contributed by atoms with van der Waals surface area (Å²) in [6.07, 6.45) is 3.16. The molecular weight excluding hydrogens is 340 g/mol. The van der Waals surface area contributed by atoms with Crippen molar-refractivity contribution < 1.29 is 4.74 Å². The van der Waals surface area contributed by atoms with Gasteiger partial charge in [0.25, 0.3) is 0 Å². The van der Waals surface area contributed by atoms with Gasteiger partial charge in [0.2, 0.25) is 0 Å². The van der Waals surface area contributed by atoms with Gasteiger partial charge >= 0.3 is 0 Å². The van der Waals surface area contributed by atoms with Crippen LogP contribution in [0.4, 0.5) is 0 Å². The Labute approximate surface area is 160 Å². The highest BCUT2D eigenvalue weighted by Gasteiger charge is 2.12. The van der Waals surface area contributed by atoms with Crippen molar-refractivity contribution in [1.82, 2.24) is 10.3 Å². The van der Waals surface area contributed by atoms with Crippen LogP contribution in [0.25, 0.3) is 11.3 Å². The zero-order valence-corrected chi connectivity index (χ0v) is 16.3. The van der Waals surface area contributed by atoms with Crippen LogP contribution in [0.15, 0.2) is 53.9 Å². The smallest absolute Gasteiger partial charge is 0.129 e. The van der Waals surface area contributed by atoms with E-state index in [0.717, 1.165) is 47.8 Å². The van der Waals surface area contributed by atoms with Crippen LogP contribution < -0.4 is 10.1 Å². The molecule has 0 unspecified atom stereocenters. The Hall–Kier alpha value is -2.17. The Morgan fingerprint density at radius 3 is 2.65 bits per heavy atom. The van der Waals surface area contributed by atoms with E-state index in [2.05, 4.69) is 48.0 Å². The van der Waals surface area contributed by atoms with Gasteiger partial charge in [-0.1, -0.05) is 49.7 Å². The van der Waals surface area contributed by atoms with E-state index >= 15 is 0 Å². The van der Waals surface area contributed by atoms with Crippen LogP contribution in [0.3, 0.4) is 0 Å². The summed E-state index contributed by atoms with van der Waals surface area (Å²) in [7, 11) is 1.97. The van der Waals surface area contributed by atoms with E-state index in [1.165, 1.54) is 11.1 Å². The van der Waals surface area contributed by atoms with Crippen LogP contribution in [-0.4, -0.2) is 18.6 Å². The largest absolute Gasteiger partial charge is 0.488 e. The first-order valence-electron chi connectivity index (χ1n) is 9.19. The lowest BCUT2D eigenvalue weighted by Crippen LogP contribution is -2.09. The molecule has 0 atom stereocenters. The number of aromatic nitrogens is 1. The predicted octanol–water partition coefficient (Wildman–Crippen LogP) is 5.10. The maximum Gasteiger partial charge on any atom is 0.129 e. The van der Waals surface area contributed by atoms with Gasteiger partial charge in [-0.15, -0.1) is 11.3 Å². The molecule has 1 heterocycles. The average molecular weight is 367 g/mol. The summed E-state index contributed by atoms with van der Waals surface area (Å²) < 4.78 is 6.15. The summed E-state index contributed by atoms with van der Waals surface area (Å²) >= 11 is 1.72. The second-order valence-corrected chi connectivity index (χ2v) is 7.28. The molecule has 0 aliphatic carbocycles. The highest BCUT2D eigenvalue weighted by Crippen LogP contribution is 2.33. The molecule has 0 radical (unpaired) electrons. The fourth-order valence-electron chi connectivity index (χ4n) is 2.86. The maximum absolute atomic E-state index is 6.15. The molecule has 0 saturated carbocycles. The molecule has 0 fully saturated rings. The second-order valence-electron chi connectivity index (χ2n) is 6.33. The summed E-state index contributed by atoms with van der Waals surface area (Å²) in [5, 5.41) is 6.48. The van der Waals surface area contributed by atoms with Crippen LogP contribution in [-0.2, 0) is 19.4 Å². The quantitative estimate of drug-likeness (QED) is 0.572. The van der Waals surface area contributed by atoms with Gasteiger partial charge in [-0.3, -0.25) is 0 Å². The summed E-state index contributed by atoms with van der Waals surface area (Å²) in [4.78, 5) is 4.83. The molecule has 4 heteroatoms. The third-order valence-corrected chi connectivity index (χ3v) is 5.14. The molecule has 0 aliphatic rings. The molecule has 3 rings (SSSR count). The first-order chi connectivity index (χ1) is 12.8. The zero-order valence-electron chi connectivity index (χ0n) is 15.5. The van der Waals surface area contributed by atoms with Gasteiger partial charge in [0.1, 0.15) is 12.4 Å². The average Bonchev–Trinajstić information content (AvgIpc) is 3.15. The highest BCUT2D eigenvalue weighted by atomic mass is 32.1. The molecule has 136 valence electrons. The topological polar surface area (TPSA) is 34.1 Å². The van der Waals surface area contributed by atoms with Crippen LogP contribution in [0.5, 0.6) is 5.75 Å². The van der Waals surface area contributed by atoms with Crippen molar-refractivity contribution in [3.05, 3.63) is 70.0 Å². The van der Waals surface area contributed by atoms with E-state index in [9.17, 15) is 0 Å². The van der Waals surface area contributed by atoms with Crippen molar-refractivity contribution in [1.29, 1.82) is 0 Å². The molecule has 0 bridgehead atoms. The number of rotatable bonds is 9. The molecule has 0 spiro atoms. The molecule has 1 N–H and O–H groups in total. The van der Waals surface area contributed by atoms with Gasteiger partial charge in [0, 0.05) is 23.9 Å². The number of likely N-dealkylation sites (N-methyl/N-ethyl adjacent to an activating group) is 1. The van der Waals surface area contributed by atoms with E-state index in [-0.39, 0.29) is 0 Å². The van der Waals surface area contributed by atoms with Gasteiger partial charge in [-0.05, 0) is 36.7 Å². The van der Waals surface area contributed by atoms with E-state index in [1.807, 2.05) is 25.2 Å². The van der Waals surface area contributed by atoms with Crippen molar-refractivity contribution in [2.24, 2.45) is 0 Å². The fourth-order valence-corrected chi connectivity index (χ4v) is 3.66. The van der Waals surface area contributed by atoms with E-state index in [4.69, 9.17) is 9.72 Å². The van der Waals surface area contributed by atoms with Crippen LogP contribution in [0.1, 0.15) is 29.5 Å². The van der Waals surface area contributed by atoms with Crippen molar-refractivity contribution in [3.8, 4) is 17.0 Å².